The fourth-order valence-electron chi connectivity index (χ4n) is 2.68. The molecule has 0 spiro atoms. The third-order valence-electron chi connectivity index (χ3n) is 3.97. The van der Waals surface area contributed by atoms with Crippen LogP contribution in [0.2, 0.25) is 0 Å². The Morgan fingerprint density at radius 2 is 1.81 bits per heavy atom. The van der Waals surface area contributed by atoms with Gasteiger partial charge in [-0.25, -0.2) is 5.43 Å². The number of fused-ring (bicyclic) bond motifs is 1. The fraction of sp³-hybridized carbons (Fsp3) is 0.200. The summed E-state index contributed by atoms with van der Waals surface area (Å²) in [6, 6.07) is 12.7. The molecular weight excluding hydrogens is 346 g/mol. The summed E-state index contributed by atoms with van der Waals surface area (Å²) >= 11 is 0. The Balaban J connectivity index is 1.74. The number of ether oxygens (including phenoxy) is 3. The van der Waals surface area contributed by atoms with Crippen LogP contribution in [0.15, 0.2) is 47.6 Å². The summed E-state index contributed by atoms with van der Waals surface area (Å²) in [7, 11) is 3.15. The highest BCUT2D eigenvalue weighted by molar-refractivity contribution is 6.01. The Hall–Kier alpha value is -3.48. The van der Waals surface area contributed by atoms with Crippen LogP contribution in [0.1, 0.15) is 23.0 Å². The van der Waals surface area contributed by atoms with E-state index in [1.165, 1.54) is 0 Å². The van der Waals surface area contributed by atoms with Crippen LogP contribution in [0.5, 0.6) is 17.2 Å². The molecule has 7 nitrogen and oxygen atoms in total. The van der Waals surface area contributed by atoms with Gasteiger partial charge in [-0.05, 0) is 55.0 Å². The number of carbonyl (C=O) groups excluding carboxylic acids is 1. The van der Waals surface area contributed by atoms with Gasteiger partial charge >= 0.3 is 0 Å². The van der Waals surface area contributed by atoms with Crippen LogP contribution in [0.4, 0.5) is 0 Å². The molecule has 0 unspecified atom stereocenters. The van der Waals surface area contributed by atoms with Gasteiger partial charge in [0.15, 0.2) is 0 Å². The average molecular weight is 367 g/mol. The summed E-state index contributed by atoms with van der Waals surface area (Å²) in [5.74, 6) is 1.71. The highest BCUT2D eigenvalue weighted by Gasteiger charge is 2.15. The van der Waals surface area contributed by atoms with Crippen molar-refractivity contribution >= 4 is 23.0 Å². The lowest BCUT2D eigenvalue weighted by Gasteiger charge is -2.05. The molecule has 3 rings (SSSR count). The summed E-state index contributed by atoms with van der Waals surface area (Å²) < 4.78 is 16.1. The number of H-pyrrole nitrogens is 1. The molecule has 0 radical (unpaired) electrons. The van der Waals surface area contributed by atoms with Gasteiger partial charge in [0.25, 0.3) is 5.91 Å². The maximum atomic E-state index is 12.4. The first kappa shape index (κ1) is 18.3. The van der Waals surface area contributed by atoms with E-state index in [9.17, 15) is 4.79 Å². The van der Waals surface area contributed by atoms with E-state index in [0.29, 0.717) is 29.3 Å². The van der Waals surface area contributed by atoms with Gasteiger partial charge in [-0.3, -0.25) is 4.79 Å². The normalized spacial score (nSPS) is 10.9. The Bertz CT molecular complexity index is 920. The molecule has 1 amide bonds. The van der Waals surface area contributed by atoms with Crippen LogP contribution in [-0.2, 0) is 0 Å². The predicted molar refractivity (Wildman–Crippen MR) is 104 cm³/mol. The van der Waals surface area contributed by atoms with Crippen LogP contribution in [0.3, 0.4) is 0 Å². The number of carbonyl (C=O) groups is 1. The number of hydrogen-bond acceptors (Lipinski definition) is 5. The minimum atomic E-state index is -0.363. The van der Waals surface area contributed by atoms with Crippen molar-refractivity contribution in [3.05, 3.63) is 53.7 Å². The van der Waals surface area contributed by atoms with E-state index in [0.717, 1.165) is 16.7 Å². The van der Waals surface area contributed by atoms with Gasteiger partial charge in [-0.2, -0.15) is 5.10 Å². The number of aromatic amines is 1. The number of nitrogens with one attached hydrogen (secondary N) is 2. The summed E-state index contributed by atoms with van der Waals surface area (Å²) in [6.45, 7) is 2.55. The minimum Gasteiger partial charge on any atom is -0.496 e. The van der Waals surface area contributed by atoms with Gasteiger partial charge in [0.2, 0.25) is 0 Å². The molecule has 0 saturated carbocycles. The first-order valence-corrected chi connectivity index (χ1v) is 8.46. The molecule has 1 aromatic heterocycles. The topological polar surface area (TPSA) is 84.9 Å². The van der Waals surface area contributed by atoms with Gasteiger partial charge in [-0.1, -0.05) is 0 Å². The second-order valence-corrected chi connectivity index (χ2v) is 5.64. The number of hydrazone groups is 1. The molecule has 0 bridgehead atoms. The smallest absolute Gasteiger partial charge is 0.287 e. The Kier molecular flexibility index (Phi) is 5.61. The van der Waals surface area contributed by atoms with Crippen molar-refractivity contribution in [2.75, 3.05) is 20.8 Å². The second-order valence-electron chi connectivity index (χ2n) is 5.64. The maximum absolute atomic E-state index is 12.4. The first-order chi connectivity index (χ1) is 13.2. The van der Waals surface area contributed by atoms with Crippen LogP contribution in [-0.4, -0.2) is 37.9 Å². The molecule has 0 aliphatic carbocycles. The molecule has 0 aliphatic rings. The zero-order chi connectivity index (χ0) is 19.2. The van der Waals surface area contributed by atoms with Crippen LogP contribution >= 0.6 is 0 Å². The lowest BCUT2D eigenvalue weighted by molar-refractivity contribution is 0.0951. The molecule has 0 saturated heterocycles. The number of nitrogens with zero attached hydrogens (tertiary/aromatic N) is 1. The Morgan fingerprint density at radius 1 is 1.11 bits per heavy atom. The van der Waals surface area contributed by atoms with Crippen molar-refractivity contribution in [3.63, 3.8) is 0 Å². The summed E-state index contributed by atoms with van der Waals surface area (Å²) in [5.41, 5.74) is 4.41. The first-order valence-electron chi connectivity index (χ1n) is 8.46. The second kappa shape index (κ2) is 8.27. The highest BCUT2D eigenvalue weighted by atomic mass is 16.5. The third kappa shape index (κ3) is 4.03. The lowest BCUT2D eigenvalue weighted by Crippen LogP contribution is -2.17. The van der Waals surface area contributed by atoms with Gasteiger partial charge in [-0.15, -0.1) is 0 Å². The summed E-state index contributed by atoms with van der Waals surface area (Å²) in [6.07, 6.45) is 1.57. The van der Waals surface area contributed by atoms with E-state index in [1.54, 1.807) is 38.6 Å². The molecule has 1 heterocycles. The van der Waals surface area contributed by atoms with E-state index in [2.05, 4.69) is 15.5 Å². The molecule has 2 aromatic carbocycles. The van der Waals surface area contributed by atoms with E-state index >= 15 is 0 Å². The molecule has 0 aliphatic heterocycles. The van der Waals surface area contributed by atoms with Crippen molar-refractivity contribution in [1.82, 2.24) is 10.4 Å². The van der Waals surface area contributed by atoms with Crippen molar-refractivity contribution < 1.29 is 19.0 Å². The maximum Gasteiger partial charge on any atom is 0.287 e. The van der Waals surface area contributed by atoms with Gasteiger partial charge in [0.05, 0.1) is 32.6 Å². The number of methoxy groups -OCH3 is 2. The van der Waals surface area contributed by atoms with Crippen molar-refractivity contribution in [1.29, 1.82) is 0 Å². The molecule has 3 aromatic rings. The molecule has 0 fully saturated rings. The van der Waals surface area contributed by atoms with Gasteiger partial charge in [0.1, 0.15) is 22.9 Å². The monoisotopic (exact) mass is 367 g/mol. The number of amides is 1. The molecule has 140 valence electrons. The quantitative estimate of drug-likeness (QED) is 0.495. The van der Waals surface area contributed by atoms with Crippen LogP contribution < -0.4 is 19.6 Å². The zero-order valence-corrected chi connectivity index (χ0v) is 15.4. The number of rotatable bonds is 7. The Labute approximate surface area is 156 Å². The molecule has 7 heteroatoms. The molecule has 27 heavy (non-hydrogen) atoms. The molecule has 2 N–H and O–H groups in total. The van der Waals surface area contributed by atoms with E-state index in [-0.39, 0.29) is 5.91 Å². The highest BCUT2D eigenvalue weighted by Crippen LogP contribution is 2.33. The number of benzene rings is 2. The Morgan fingerprint density at radius 3 is 2.48 bits per heavy atom. The number of aromatic nitrogens is 1. The van der Waals surface area contributed by atoms with Crippen LogP contribution in [0, 0.1) is 0 Å². The van der Waals surface area contributed by atoms with E-state index in [1.807, 2.05) is 31.2 Å². The lowest BCUT2D eigenvalue weighted by atomic mass is 10.2. The van der Waals surface area contributed by atoms with Gasteiger partial charge < -0.3 is 19.2 Å². The van der Waals surface area contributed by atoms with Gasteiger partial charge in [0, 0.05) is 5.39 Å². The summed E-state index contributed by atoms with van der Waals surface area (Å²) in [5, 5.41) is 4.76. The fourth-order valence-corrected chi connectivity index (χ4v) is 2.68. The van der Waals surface area contributed by atoms with Crippen molar-refractivity contribution in [2.45, 2.75) is 6.92 Å². The number of hydrogen-bond donors (Lipinski definition) is 2. The van der Waals surface area contributed by atoms with Crippen LogP contribution in [0.25, 0.3) is 10.9 Å². The summed E-state index contributed by atoms with van der Waals surface area (Å²) in [4.78, 5) is 15.4. The molecular formula is C20H21N3O4. The van der Waals surface area contributed by atoms with E-state index < -0.39 is 0 Å². The van der Waals surface area contributed by atoms with Crippen molar-refractivity contribution in [3.8, 4) is 17.2 Å². The standard InChI is InChI=1S/C20H21N3O4/c1-4-27-14-7-5-13(6-8-14)12-21-23-20(24)16-11-15-17(25-2)9-10-18(26-3)19(15)22-16/h5-12,22H,4H2,1-3H3,(H,23,24)/b21-12+. The average Bonchev–Trinajstić information content (AvgIpc) is 3.14. The van der Waals surface area contributed by atoms with Crippen molar-refractivity contribution in [2.24, 2.45) is 5.10 Å². The zero-order valence-electron chi connectivity index (χ0n) is 15.4. The molecule has 0 atom stereocenters. The predicted octanol–water partition coefficient (Wildman–Crippen LogP) is 3.35. The largest absolute Gasteiger partial charge is 0.496 e. The third-order valence-corrected chi connectivity index (χ3v) is 3.97. The SMILES string of the molecule is CCOc1ccc(/C=N/NC(=O)c2cc3c(OC)ccc(OC)c3[nH]2)cc1. The minimum absolute atomic E-state index is 0.358. The van der Waals surface area contributed by atoms with E-state index in [4.69, 9.17) is 14.2 Å².